The van der Waals surface area contributed by atoms with Crippen LogP contribution in [-0.2, 0) is 9.59 Å². The van der Waals surface area contributed by atoms with Gasteiger partial charge in [-0.1, -0.05) is 0 Å². The van der Waals surface area contributed by atoms with Crippen LogP contribution in [0, 0.1) is 5.92 Å². The number of rotatable bonds is 1. The number of carbonyl (C=O) groups is 2. The van der Waals surface area contributed by atoms with Gasteiger partial charge in [-0.3, -0.25) is 9.59 Å². The summed E-state index contributed by atoms with van der Waals surface area (Å²) >= 11 is 0. The SMILES string of the molecule is CNC(=O)C1CC2CC2N1C(C)=O. The second-order valence-corrected chi connectivity index (χ2v) is 3.86. The van der Waals surface area contributed by atoms with Crippen molar-refractivity contribution in [1.29, 1.82) is 0 Å². The van der Waals surface area contributed by atoms with Crippen LogP contribution in [0.4, 0.5) is 0 Å². The lowest BCUT2D eigenvalue weighted by Crippen LogP contribution is -2.46. The summed E-state index contributed by atoms with van der Waals surface area (Å²) in [5, 5.41) is 2.60. The maximum absolute atomic E-state index is 11.4. The summed E-state index contributed by atoms with van der Waals surface area (Å²) in [6, 6.07) is 0.158. The number of likely N-dealkylation sites (tertiary alicyclic amines) is 1. The van der Waals surface area contributed by atoms with E-state index >= 15 is 0 Å². The van der Waals surface area contributed by atoms with Crippen molar-refractivity contribution in [1.82, 2.24) is 10.2 Å². The van der Waals surface area contributed by atoms with Crippen molar-refractivity contribution in [2.24, 2.45) is 5.92 Å². The smallest absolute Gasteiger partial charge is 0.242 e. The molecule has 0 aromatic rings. The number of carbonyl (C=O) groups excluding carboxylic acids is 2. The zero-order valence-corrected chi connectivity index (χ0v) is 7.91. The molecule has 1 saturated heterocycles. The first-order valence-corrected chi connectivity index (χ1v) is 4.65. The maximum Gasteiger partial charge on any atom is 0.242 e. The summed E-state index contributed by atoms with van der Waals surface area (Å²) in [6.07, 6.45) is 1.94. The van der Waals surface area contributed by atoms with Crippen molar-refractivity contribution >= 4 is 11.8 Å². The molecule has 4 heteroatoms. The van der Waals surface area contributed by atoms with Gasteiger partial charge in [-0.25, -0.2) is 0 Å². The summed E-state index contributed by atoms with van der Waals surface area (Å²) < 4.78 is 0. The Morgan fingerprint density at radius 3 is 2.62 bits per heavy atom. The van der Waals surface area contributed by atoms with E-state index in [2.05, 4.69) is 5.32 Å². The van der Waals surface area contributed by atoms with E-state index in [-0.39, 0.29) is 17.9 Å². The third-order valence-corrected chi connectivity index (χ3v) is 3.02. The standard InChI is InChI=1S/C9H14N2O2/c1-5(12)11-7-3-6(7)4-8(11)9(13)10-2/h6-8H,3-4H2,1-2H3,(H,10,13). The Morgan fingerprint density at radius 1 is 1.38 bits per heavy atom. The number of fused-ring (bicyclic) bond motifs is 1. The molecule has 2 amide bonds. The number of nitrogens with one attached hydrogen (secondary N) is 1. The first-order valence-electron chi connectivity index (χ1n) is 4.65. The van der Waals surface area contributed by atoms with Crippen molar-refractivity contribution in [2.75, 3.05) is 7.05 Å². The lowest BCUT2D eigenvalue weighted by Gasteiger charge is -2.24. The molecule has 1 aliphatic heterocycles. The number of hydrogen-bond donors (Lipinski definition) is 1. The first-order chi connectivity index (χ1) is 6.15. The molecule has 72 valence electrons. The van der Waals surface area contributed by atoms with Crippen LogP contribution in [0.25, 0.3) is 0 Å². The van der Waals surface area contributed by atoms with Gasteiger partial charge in [-0.15, -0.1) is 0 Å². The molecule has 0 radical (unpaired) electrons. The summed E-state index contributed by atoms with van der Waals surface area (Å²) in [7, 11) is 1.62. The van der Waals surface area contributed by atoms with Crippen LogP contribution in [0.1, 0.15) is 19.8 Å². The number of hydrogen-bond acceptors (Lipinski definition) is 2. The van der Waals surface area contributed by atoms with E-state index in [0.717, 1.165) is 12.8 Å². The van der Waals surface area contributed by atoms with Gasteiger partial charge in [0.05, 0.1) is 0 Å². The van der Waals surface area contributed by atoms with Crippen molar-refractivity contribution in [2.45, 2.75) is 31.8 Å². The molecule has 0 aromatic carbocycles. The molecule has 3 atom stereocenters. The number of piperidine rings is 1. The maximum atomic E-state index is 11.4. The van der Waals surface area contributed by atoms with E-state index in [0.29, 0.717) is 12.0 Å². The van der Waals surface area contributed by atoms with Crippen molar-refractivity contribution < 1.29 is 9.59 Å². The number of amides is 2. The van der Waals surface area contributed by atoms with Crippen LogP contribution >= 0.6 is 0 Å². The predicted molar refractivity (Wildman–Crippen MR) is 46.9 cm³/mol. The van der Waals surface area contributed by atoms with Crippen molar-refractivity contribution in [3.8, 4) is 0 Å². The zero-order chi connectivity index (χ0) is 9.59. The van der Waals surface area contributed by atoms with E-state index in [1.165, 1.54) is 6.92 Å². The van der Waals surface area contributed by atoms with Gasteiger partial charge in [0.25, 0.3) is 0 Å². The van der Waals surface area contributed by atoms with Gasteiger partial charge in [0.15, 0.2) is 0 Å². The fraction of sp³-hybridized carbons (Fsp3) is 0.778. The second-order valence-electron chi connectivity index (χ2n) is 3.86. The highest BCUT2D eigenvalue weighted by atomic mass is 16.2. The summed E-state index contributed by atoms with van der Waals surface area (Å²) in [6.45, 7) is 1.54. The van der Waals surface area contributed by atoms with E-state index < -0.39 is 0 Å². The Hall–Kier alpha value is -1.06. The number of likely N-dealkylation sites (N-methyl/N-ethyl adjacent to an activating group) is 1. The molecule has 3 unspecified atom stereocenters. The molecular formula is C9H14N2O2. The highest BCUT2D eigenvalue weighted by Gasteiger charge is 2.54. The molecule has 2 fully saturated rings. The fourth-order valence-corrected chi connectivity index (χ4v) is 2.31. The molecule has 0 aromatic heterocycles. The van der Waals surface area contributed by atoms with Crippen LogP contribution in [0.2, 0.25) is 0 Å². The largest absolute Gasteiger partial charge is 0.357 e. The average Bonchev–Trinajstić information content (AvgIpc) is 2.74. The van der Waals surface area contributed by atoms with Gasteiger partial charge in [-0.2, -0.15) is 0 Å². The van der Waals surface area contributed by atoms with Crippen LogP contribution < -0.4 is 5.32 Å². The number of nitrogens with zero attached hydrogens (tertiary/aromatic N) is 1. The van der Waals surface area contributed by atoms with E-state index in [9.17, 15) is 9.59 Å². The Kier molecular flexibility index (Phi) is 1.78. The van der Waals surface area contributed by atoms with Crippen LogP contribution in [0.5, 0.6) is 0 Å². The predicted octanol–water partition coefficient (Wildman–Crippen LogP) is -0.258. The average molecular weight is 182 g/mol. The Bertz CT molecular complexity index is 264. The van der Waals surface area contributed by atoms with Gasteiger partial charge in [-0.05, 0) is 18.8 Å². The van der Waals surface area contributed by atoms with Crippen LogP contribution in [0.15, 0.2) is 0 Å². The van der Waals surface area contributed by atoms with Gasteiger partial charge in [0.2, 0.25) is 11.8 Å². The molecule has 1 aliphatic carbocycles. The lowest BCUT2D eigenvalue weighted by atomic mass is 10.1. The Morgan fingerprint density at radius 2 is 2.08 bits per heavy atom. The Balaban J connectivity index is 2.12. The van der Waals surface area contributed by atoms with Gasteiger partial charge in [0.1, 0.15) is 6.04 Å². The highest BCUT2D eigenvalue weighted by molar-refractivity contribution is 5.88. The fourth-order valence-electron chi connectivity index (χ4n) is 2.31. The summed E-state index contributed by atoms with van der Waals surface area (Å²) in [4.78, 5) is 24.4. The second kappa shape index (κ2) is 2.72. The van der Waals surface area contributed by atoms with Crippen molar-refractivity contribution in [3.05, 3.63) is 0 Å². The topological polar surface area (TPSA) is 49.4 Å². The molecule has 0 spiro atoms. The minimum atomic E-state index is -0.203. The zero-order valence-electron chi connectivity index (χ0n) is 7.91. The summed E-state index contributed by atoms with van der Waals surface area (Å²) in [5.74, 6) is 0.590. The van der Waals surface area contributed by atoms with Gasteiger partial charge < -0.3 is 10.2 Å². The van der Waals surface area contributed by atoms with Gasteiger partial charge in [0, 0.05) is 20.0 Å². The highest BCUT2D eigenvalue weighted by Crippen LogP contribution is 2.47. The van der Waals surface area contributed by atoms with E-state index in [1.807, 2.05) is 0 Å². The molecule has 1 saturated carbocycles. The molecule has 4 nitrogen and oxygen atoms in total. The molecule has 2 aliphatic rings. The third kappa shape index (κ3) is 1.20. The van der Waals surface area contributed by atoms with E-state index in [4.69, 9.17) is 0 Å². The molecule has 2 rings (SSSR count). The summed E-state index contributed by atoms with van der Waals surface area (Å²) in [5.41, 5.74) is 0. The molecule has 1 heterocycles. The van der Waals surface area contributed by atoms with E-state index in [1.54, 1.807) is 11.9 Å². The molecule has 1 N–H and O–H groups in total. The Labute approximate surface area is 77.3 Å². The normalized spacial score (nSPS) is 35.5. The van der Waals surface area contributed by atoms with Crippen LogP contribution in [-0.4, -0.2) is 35.8 Å². The molecule has 0 bridgehead atoms. The third-order valence-electron chi connectivity index (χ3n) is 3.02. The first kappa shape index (κ1) is 8.53. The molecule has 13 heavy (non-hydrogen) atoms. The van der Waals surface area contributed by atoms with Crippen LogP contribution in [0.3, 0.4) is 0 Å². The lowest BCUT2D eigenvalue weighted by molar-refractivity contribution is -0.137. The minimum absolute atomic E-state index is 0.0256. The van der Waals surface area contributed by atoms with Gasteiger partial charge >= 0.3 is 0 Å². The molecular weight excluding hydrogens is 168 g/mol. The monoisotopic (exact) mass is 182 g/mol. The minimum Gasteiger partial charge on any atom is -0.357 e. The van der Waals surface area contributed by atoms with Crippen molar-refractivity contribution in [3.63, 3.8) is 0 Å². The quantitative estimate of drug-likeness (QED) is 0.607.